The molecule has 0 unspecified atom stereocenters. The number of unbranched alkanes of at least 4 members (excludes halogenated alkanes) is 1. The number of nitrogens with one attached hydrogen (secondary N) is 1. The number of hydrogen-bond donors (Lipinski definition) is 1. The molecule has 0 atom stereocenters. The summed E-state index contributed by atoms with van der Waals surface area (Å²) in [5, 5.41) is 2.69. The van der Waals surface area contributed by atoms with Gasteiger partial charge < -0.3 is 10.1 Å². The number of rotatable bonds is 7. The van der Waals surface area contributed by atoms with Crippen LogP contribution in [0.4, 0.5) is 4.79 Å². The molecule has 0 aliphatic carbocycles. The Balaban J connectivity index is 2.21. The van der Waals surface area contributed by atoms with E-state index >= 15 is 0 Å². The molecule has 0 aliphatic rings. The van der Waals surface area contributed by atoms with E-state index in [2.05, 4.69) is 5.32 Å². The summed E-state index contributed by atoms with van der Waals surface area (Å²) in [6.45, 7) is 6.00. The van der Waals surface area contributed by atoms with Gasteiger partial charge in [-0.2, -0.15) is 0 Å². The zero-order chi connectivity index (χ0) is 16.6. The summed E-state index contributed by atoms with van der Waals surface area (Å²) in [5.74, 6) is 0.143. The van der Waals surface area contributed by atoms with Crippen molar-refractivity contribution >= 4 is 23.6 Å². The third kappa shape index (κ3) is 7.50. The van der Waals surface area contributed by atoms with Gasteiger partial charge >= 0.3 is 6.09 Å². The Labute approximate surface area is 137 Å². The zero-order valence-corrected chi connectivity index (χ0v) is 14.6. The van der Waals surface area contributed by atoms with Gasteiger partial charge in [0.05, 0.1) is 0 Å². The van der Waals surface area contributed by atoms with Crippen molar-refractivity contribution in [2.45, 2.75) is 50.5 Å². The normalized spacial score (nSPS) is 11.1. The second-order valence-corrected chi connectivity index (χ2v) is 6.92. The standard InChI is InChI=1S/C17H25NO3S/c1-17(2,3)21-16(20)18-12-6-5-7-15(19)13-8-10-14(22-4)11-9-13/h8-11H,5-7,12H2,1-4H3,(H,18,20). The van der Waals surface area contributed by atoms with E-state index in [4.69, 9.17) is 4.74 Å². The Hall–Kier alpha value is -1.49. The Bertz CT molecular complexity index is 492. The summed E-state index contributed by atoms with van der Waals surface area (Å²) >= 11 is 1.66. The van der Waals surface area contributed by atoms with E-state index in [1.54, 1.807) is 11.8 Å². The summed E-state index contributed by atoms with van der Waals surface area (Å²) in [4.78, 5) is 24.6. The van der Waals surface area contributed by atoms with Gasteiger partial charge in [-0.3, -0.25) is 4.79 Å². The maximum atomic E-state index is 12.0. The molecule has 0 spiro atoms. The van der Waals surface area contributed by atoms with Crippen LogP contribution in [0.1, 0.15) is 50.4 Å². The highest BCUT2D eigenvalue weighted by molar-refractivity contribution is 7.98. The number of carbonyl (C=O) groups excluding carboxylic acids is 2. The number of carbonyl (C=O) groups is 2. The van der Waals surface area contributed by atoms with Gasteiger partial charge in [0, 0.05) is 23.4 Å². The van der Waals surface area contributed by atoms with Gasteiger partial charge in [0.2, 0.25) is 0 Å². The Morgan fingerprint density at radius 3 is 2.32 bits per heavy atom. The predicted molar refractivity (Wildman–Crippen MR) is 90.6 cm³/mol. The van der Waals surface area contributed by atoms with Crippen LogP contribution in [-0.2, 0) is 4.74 Å². The molecule has 0 fully saturated rings. The van der Waals surface area contributed by atoms with Crippen LogP contribution in [0.5, 0.6) is 0 Å². The SMILES string of the molecule is CSc1ccc(C(=O)CCCCNC(=O)OC(C)(C)C)cc1. The van der Waals surface area contributed by atoms with Crippen LogP contribution in [0.25, 0.3) is 0 Å². The van der Waals surface area contributed by atoms with Crippen molar-refractivity contribution in [2.24, 2.45) is 0 Å². The Morgan fingerprint density at radius 1 is 1.14 bits per heavy atom. The monoisotopic (exact) mass is 323 g/mol. The van der Waals surface area contributed by atoms with E-state index in [1.807, 2.05) is 51.3 Å². The third-order valence-electron chi connectivity index (χ3n) is 2.91. The van der Waals surface area contributed by atoms with Gasteiger partial charge in [-0.1, -0.05) is 12.1 Å². The number of amides is 1. The largest absolute Gasteiger partial charge is 0.444 e. The Morgan fingerprint density at radius 2 is 1.77 bits per heavy atom. The lowest BCUT2D eigenvalue weighted by atomic mass is 10.1. The first-order valence-corrected chi connectivity index (χ1v) is 8.68. The molecule has 0 saturated heterocycles. The number of alkyl carbamates (subject to hydrolysis) is 1. The zero-order valence-electron chi connectivity index (χ0n) is 13.8. The van der Waals surface area contributed by atoms with Gasteiger partial charge in [0.1, 0.15) is 5.60 Å². The van der Waals surface area contributed by atoms with Gasteiger partial charge in [-0.15, -0.1) is 11.8 Å². The van der Waals surface area contributed by atoms with Crippen LogP contribution < -0.4 is 5.32 Å². The number of ketones is 1. The molecule has 4 nitrogen and oxygen atoms in total. The number of ether oxygens (including phenoxy) is 1. The molecule has 0 heterocycles. The van der Waals surface area contributed by atoms with Gasteiger partial charge in [-0.25, -0.2) is 4.79 Å². The van der Waals surface area contributed by atoms with E-state index < -0.39 is 11.7 Å². The summed E-state index contributed by atoms with van der Waals surface area (Å²) in [6.07, 6.45) is 3.60. The highest BCUT2D eigenvalue weighted by Gasteiger charge is 2.15. The molecular weight excluding hydrogens is 298 g/mol. The van der Waals surface area contributed by atoms with E-state index in [0.717, 1.165) is 23.3 Å². The van der Waals surface area contributed by atoms with Crippen molar-refractivity contribution in [2.75, 3.05) is 12.8 Å². The molecule has 0 saturated carbocycles. The van der Waals surface area contributed by atoms with Crippen LogP contribution in [0, 0.1) is 0 Å². The van der Waals surface area contributed by atoms with E-state index in [1.165, 1.54) is 0 Å². The molecule has 22 heavy (non-hydrogen) atoms. The van der Waals surface area contributed by atoms with Crippen molar-refractivity contribution in [3.05, 3.63) is 29.8 Å². The average Bonchev–Trinajstić information content (AvgIpc) is 2.45. The van der Waals surface area contributed by atoms with E-state index in [0.29, 0.717) is 13.0 Å². The number of Topliss-reactive ketones (excluding diaryl/α,β-unsaturated/α-hetero) is 1. The van der Waals surface area contributed by atoms with E-state index in [9.17, 15) is 9.59 Å². The molecule has 1 aromatic carbocycles. The molecular formula is C17H25NO3S. The van der Waals surface area contributed by atoms with E-state index in [-0.39, 0.29) is 5.78 Å². The molecule has 122 valence electrons. The highest BCUT2D eigenvalue weighted by atomic mass is 32.2. The summed E-state index contributed by atoms with van der Waals surface area (Å²) in [5.41, 5.74) is 0.265. The molecule has 0 radical (unpaired) electrons. The summed E-state index contributed by atoms with van der Waals surface area (Å²) in [7, 11) is 0. The van der Waals surface area contributed by atoms with Crippen LogP contribution in [0.3, 0.4) is 0 Å². The number of benzene rings is 1. The fourth-order valence-corrected chi connectivity index (χ4v) is 2.24. The first-order chi connectivity index (χ1) is 10.3. The molecule has 0 aliphatic heterocycles. The summed E-state index contributed by atoms with van der Waals surface area (Å²) < 4.78 is 5.14. The topological polar surface area (TPSA) is 55.4 Å². The molecule has 1 rings (SSSR count). The van der Waals surface area contributed by atoms with Gasteiger partial charge in [0.15, 0.2) is 5.78 Å². The van der Waals surface area contributed by atoms with Crippen molar-refractivity contribution in [1.29, 1.82) is 0 Å². The molecule has 1 amide bonds. The van der Waals surface area contributed by atoms with Crippen molar-refractivity contribution < 1.29 is 14.3 Å². The lowest BCUT2D eigenvalue weighted by molar-refractivity contribution is 0.0527. The maximum Gasteiger partial charge on any atom is 0.407 e. The fraction of sp³-hybridized carbons (Fsp3) is 0.529. The molecule has 1 N–H and O–H groups in total. The first-order valence-electron chi connectivity index (χ1n) is 7.46. The van der Waals surface area contributed by atoms with Crippen molar-refractivity contribution in [3.63, 3.8) is 0 Å². The molecule has 1 aromatic rings. The lowest BCUT2D eigenvalue weighted by Gasteiger charge is -2.19. The maximum absolute atomic E-state index is 12.0. The fourth-order valence-electron chi connectivity index (χ4n) is 1.84. The number of hydrogen-bond acceptors (Lipinski definition) is 4. The molecule has 0 bridgehead atoms. The van der Waals surface area contributed by atoms with Crippen LogP contribution in [0.15, 0.2) is 29.2 Å². The average molecular weight is 323 g/mol. The van der Waals surface area contributed by atoms with Gasteiger partial charge in [-0.05, 0) is 52.0 Å². The minimum Gasteiger partial charge on any atom is -0.444 e. The Kier molecular flexibility index (Phi) is 7.45. The highest BCUT2D eigenvalue weighted by Crippen LogP contribution is 2.16. The van der Waals surface area contributed by atoms with Crippen LogP contribution in [-0.4, -0.2) is 30.3 Å². The summed E-state index contributed by atoms with van der Waals surface area (Å²) in [6, 6.07) is 7.66. The van der Waals surface area contributed by atoms with Crippen LogP contribution >= 0.6 is 11.8 Å². The third-order valence-corrected chi connectivity index (χ3v) is 3.65. The molecule has 0 aromatic heterocycles. The van der Waals surface area contributed by atoms with Crippen LogP contribution in [0.2, 0.25) is 0 Å². The predicted octanol–water partition coefficient (Wildman–Crippen LogP) is 4.29. The minimum atomic E-state index is -0.483. The smallest absolute Gasteiger partial charge is 0.407 e. The van der Waals surface area contributed by atoms with Crippen molar-refractivity contribution in [1.82, 2.24) is 5.32 Å². The first kappa shape index (κ1) is 18.6. The van der Waals surface area contributed by atoms with Gasteiger partial charge in [0.25, 0.3) is 0 Å². The second-order valence-electron chi connectivity index (χ2n) is 6.04. The second kappa shape index (κ2) is 8.83. The lowest BCUT2D eigenvalue weighted by Crippen LogP contribution is -2.33. The van der Waals surface area contributed by atoms with Crippen molar-refractivity contribution in [3.8, 4) is 0 Å². The minimum absolute atomic E-state index is 0.143. The molecule has 5 heteroatoms. The number of thioether (sulfide) groups is 1. The quantitative estimate of drug-likeness (QED) is 0.462.